The molecule has 0 unspecified atom stereocenters. The van der Waals surface area contributed by atoms with Crippen molar-refractivity contribution in [3.05, 3.63) is 22.8 Å². The van der Waals surface area contributed by atoms with Crippen molar-refractivity contribution in [3.8, 4) is 5.88 Å². The summed E-state index contributed by atoms with van der Waals surface area (Å²) >= 11 is 6.11. The average molecular weight is 243 g/mol. The highest BCUT2D eigenvalue weighted by Crippen LogP contribution is 2.27. The molecule has 16 heavy (non-hydrogen) atoms. The predicted molar refractivity (Wildman–Crippen MR) is 67.0 cm³/mol. The molecular formula is C12H19ClN2O. The maximum Gasteiger partial charge on any atom is 0.233 e. The zero-order valence-electron chi connectivity index (χ0n) is 10.3. The van der Waals surface area contributed by atoms with Crippen molar-refractivity contribution in [2.24, 2.45) is 0 Å². The van der Waals surface area contributed by atoms with Crippen LogP contribution in [0.4, 0.5) is 0 Å². The third-order valence-electron chi connectivity index (χ3n) is 2.47. The van der Waals surface area contributed by atoms with Crippen molar-refractivity contribution in [1.29, 1.82) is 0 Å². The second-order valence-corrected chi connectivity index (χ2v) is 4.78. The van der Waals surface area contributed by atoms with Gasteiger partial charge in [-0.05, 0) is 38.9 Å². The Morgan fingerprint density at radius 3 is 2.69 bits per heavy atom. The quantitative estimate of drug-likeness (QED) is 0.862. The molecule has 0 aromatic carbocycles. The summed E-state index contributed by atoms with van der Waals surface area (Å²) in [6.45, 7) is 6.87. The number of hydrogen-bond donors (Lipinski definition) is 1. The Morgan fingerprint density at radius 2 is 2.19 bits per heavy atom. The van der Waals surface area contributed by atoms with E-state index in [1.807, 2.05) is 27.0 Å². The number of halogens is 1. The molecular weight excluding hydrogens is 224 g/mol. The minimum Gasteiger partial charge on any atom is -0.471 e. The first kappa shape index (κ1) is 13.3. The highest BCUT2D eigenvalue weighted by Gasteiger charge is 2.19. The molecule has 1 aromatic heterocycles. The van der Waals surface area contributed by atoms with Gasteiger partial charge in [-0.15, -0.1) is 0 Å². The number of nitrogens with one attached hydrogen (secondary N) is 1. The molecule has 90 valence electrons. The first-order chi connectivity index (χ1) is 7.48. The average Bonchev–Trinajstić information content (AvgIpc) is 2.23. The highest BCUT2D eigenvalue weighted by molar-refractivity contribution is 6.31. The smallest absolute Gasteiger partial charge is 0.233 e. The van der Waals surface area contributed by atoms with E-state index in [9.17, 15) is 0 Å². The predicted octanol–water partition coefficient (Wildman–Crippen LogP) is 3.02. The van der Waals surface area contributed by atoms with Gasteiger partial charge in [0.1, 0.15) is 10.6 Å². The normalized spacial score (nSPS) is 11.6. The Morgan fingerprint density at radius 1 is 1.50 bits per heavy atom. The molecule has 0 spiro atoms. The van der Waals surface area contributed by atoms with Gasteiger partial charge in [-0.25, -0.2) is 4.98 Å². The molecule has 1 N–H and O–H groups in total. The minimum atomic E-state index is -0.235. The molecule has 0 aliphatic carbocycles. The van der Waals surface area contributed by atoms with Crippen molar-refractivity contribution in [2.75, 3.05) is 7.05 Å². The van der Waals surface area contributed by atoms with Gasteiger partial charge in [-0.3, -0.25) is 0 Å². The lowest BCUT2D eigenvalue weighted by atomic mass is 10.1. The summed E-state index contributed by atoms with van der Waals surface area (Å²) in [6, 6.07) is 1.88. The van der Waals surface area contributed by atoms with Crippen molar-refractivity contribution < 1.29 is 4.74 Å². The zero-order valence-corrected chi connectivity index (χ0v) is 11.1. The van der Waals surface area contributed by atoms with Gasteiger partial charge >= 0.3 is 0 Å². The van der Waals surface area contributed by atoms with E-state index in [0.717, 1.165) is 18.5 Å². The van der Waals surface area contributed by atoms with Crippen LogP contribution in [-0.2, 0) is 6.54 Å². The molecule has 0 atom stereocenters. The summed E-state index contributed by atoms with van der Waals surface area (Å²) in [6.07, 6.45) is 2.69. The summed E-state index contributed by atoms with van der Waals surface area (Å²) in [5.41, 5.74) is 0.815. The third kappa shape index (κ3) is 3.65. The molecule has 0 aliphatic rings. The summed E-state index contributed by atoms with van der Waals surface area (Å²) in [5.74, 6) is 0.508. The molecule has 4 heteroatoms. The van der Waals surface area contributed by atoms with E-state index >= 15 is 0 Å². The fourth-order valence-corrected chi connectivity index (χ4v) is 1.40. The number of aromatic nitrogens is 1. The fourth-order valence-electron chi connectivity index (χ4n) is 1.17. The number of ether oxygens (including phenoxy) is 1. The van der Waals surface area contributed by atoms with Crippen LogP contribution in [0.3, 0.4) is 0 Å². The minimum absolute atomic E-state index is 0.235. The van der Waals surface area contributed by atoms with Gasteiger partial charge in [0.15, 0.2) is 0 Å². The maximum absolute atomic E-state index is 6.11. The molecule has 0 amide bonds. The van der Waals surface area contributed by atoms with E-state index in [-0.39, 0.29) is 5.60 Å². The Labute approximate surface area is 102 Å². The molecule has 0 saturated carbocycles. The lowest BCUT2D eigenvalue weighted by Gasteiger charge is -2.24. The lowest BCUT2D eigenvalue weighted by Crippen LogP contribution is -2.27. The van der Waals surface area contributed by atoms with Crippen LogP contribution in [0.25, 0.3) is 0 Å². The summed E-state index contributed by atoms with van der Waals surface area (Å²) in [7, 11) is 1.89. The van der Waals surface area contributed by atoms with Crippen LogP contribution in [0.15, 0.2) is 12.3 Å². The van der Waals surface area contributed by atoms with Crippen LogP contribution in [0.2, 0.25) is 5.02 Å². The van der Waals surface area contributed by atoms with Crippen molar-refractivity contribution >= 4 is 11.6 Å². The zero-order chi connectivity index (χ0) is 12.2. The molecule has 0 bridgehead atoms. The van der Waals surface area contributed by atoms with E-state index in [4.69, 9.17) is 16.3 Å². The van der Waals surface area contributed by atoms with E-state index in [1.54, 1.807) is 6.20 Å². The van der Waals surface area contributed by atoms with Gasteiger partial charge in [0.25, 0.3) is 0 Å². The SMILES string of the molecule is CCC(C)(C)Oc1ncc(CNC)cc1Cl. The highest BCUT2D eigenvalue weighted by atomic mass is 35.5. The van der Waals surface area contributed by atoms with Crippen molar-refractivity contribution in [2.45, 2.75) is 39.3 Å². The summed E-state index contributed by atoms with van der Waals surface area (Å²) in [4.78, 5) is 4.24. The number of rotatable bonds is 5. The number of pyridine rings is 1. The van der Waals surface area contributed by atoms with E-state index in [0.29, 0.717) is 10.9 Å². The fraction of sp³-hybridized carbons (Fsp3) is 0.583. The standard InChI is InChI=1S/C12H19ClN2O/c1-5-12(2,3)16-11-10(13)6-9(7-14-4)8-15-11/h6,8,14H,5,7H2,1-4H3. The van der Waals surface area contributed by atoms with Gasteiger partial charge in [-0.2, -0.15) is 0 Å². The molecule has 0 saturated heterocycles. The van der Waals surface area contributed by atoms with Gasteiger partial charge < -0.3 is 10.1 Å². The molecule has 1 heterocycles. The van der Waals surface area contributed by atoms with Crippen molar-refractivity contribution in [3.63, 3.8) is 0 Å². The van der Waals surface area contributed by atoms with Crippen molar-refractivity contribution in [1.82, 2.24) is 10.3 Å². The second kappa shape index (κ2) is 5.51. The van der Waals surface area contributed by atoms with E-state index < -0.39 is 0 Å². The van der Waals surface area contributed by atoms with Crippen LogP contribution in [0, 0.1) is 0 Å². The largest absolute Gasteiger partial charge is 0.471 e. The topological polar surface area (TPSA) is 34.1 Å². The lowest BCUT2D eigenvalue weighted by molar-refractivity contribution is 0.0991. The molecule has 0 aliphatic heterocycles. The van der Waals surface area contributed by atoms with Gasteiger partial charge in [-0.1, -0.05) is 18.5 Å². The summed E-state index contributed by atoms with van der Waals surface area (Å²) < 4.78 is 5.75. The van der Waals surface area contributed by atoms with E-state index in [1.165, 1.54) is 0 Å². The Bertz CT molecular complexity index is 353. The maximum atomic E-state index is 6.11. The van der Waals surface area contributed by atoms with Crippen LogP contribution in [0.5, 0.6) is 5.88 Å². The van der Waals surface area contributed by atoms with Crippen LogP contribution in [0.1, 0.15) is 32.8 Å². The molecule has 0 fully saturated rings. The summed E-state index contributed by atoms with van der Waals surface area (Å²) in [5, 5.41) is 3.61. The van der Waals surface area contributed by atoms with Crippen LogP contribution in [-0.4, -0.2) is 17.6 Å². The second-order valence-electron chi connectivity index (χ2n) is 4.38. The Balaban J connectivity index is 2.83. The van der Waals surface area contributed by atoms with Crippen LogP contribution < -0.4 is 10.1 Å². The van der Waals surface area contributed by atoms with Gasteiger partial charge in [0.2, 0.25) is 5.88 Å². The van der Waals surface area contributed by atoms with Crippen LogP contribution >= 0.6 is 11.6 Å². The number of hydrogen-bond acceptors (Lipinski definition) is 3. The first-order valence-corrected chi connectivity index (χ1v) is 5.84. The van der Waals surface area contributed by atoms with E-state index in [2.05, 4.69) is 17.2 Å². The first-order valence-electron chi connectivity index (χ1n) is 5.46. The Hall–Kier alpha value is -0.800. The van der Waals surface area contributed by atoms with Gasteiger partial charge in [0, 0.05) is 12.7 Å². The third-order valence-corrected chi connectivity index (χ3v) is 2.74. The monoisotopic (exact) mass is 242 g/mol. The van der Waals surface area contributed by atoms with Gasteiger partial charge in [0.05, 0.1) is 0 Å². The number of nitrogens with zero attached hydrogens (tertiary/aromatic N) is 1. The molecule has 0 radical (unpaired) electrons. The molecule has 1 rings (SSSR count). The Kier molecular flexibility index (Phi) is 4.56. The molecule has 1 aromatic rings. The molecule has 3 nitrogen and oxygen atoms in total.